The Bertz CT molecular complexity index is 1060. The number of carbonyl (C=O) groups is 1. The number of sulfonamides is 1. The molecule has 0 unspecified atom stereocenters. The second kappa shape index (κ2) is 8.27. The summed E-state index contributed by atoms with van der Waals surface area (Å²) in [6.45, 7) is 3.77. The molecule has 0 saturated heterocycles. The van der Waals surface area contributed by atoms with Gasteiger partial charge in [-0.2, -0.15) is 0 Å². The number of benzene rings is 3. The lowest BCUT2D eigenvalue weighted by Crippen LogP contribution is -2.28. The molecule has 0 aliphatic rings. The van der Waals surface area contributed by atoms with Crippen LogP contribution in [0.5, 0.6) is 0 Å². The van der Waals surface area contributed by atoms with E-state index in [9.17, 15) is 13.2 Å². The van der Waals surface area contributed by atoms with Crippen LogP contribution >= 0.6 is 0 Å². The lowest BCUT2D eigenvalue weighted by molar-refractivity contribution is 0.0941. The highest BCUT2D eigenvalue weighted by atomic mass is 32.2. The second-order valence-electron chi connectivity index (χ2n) is 6.57. The highest BCUT2D eigenvalue weighted by Gasteiger charge is 2.19. The molecule has 0 fully saturated rings. The van der Waals surface area contributed by atoms with Crippen LogP contribution in [-0.4, -0.2) is 14.3 Å². The molecule has 3 aromatic carbocycles. The average molecular weight is 394 g/mol. The Hall–Kier alpha value is -3.12. The van der Waals surface area contributed by atoms with Gasteiger partial charge in [0.15, 0.2) is 0 Å². The van der Waals surface area contributed by atoms with Gasteiger partial charge in [-0.15, -0.1) is 0 Å². The van der Waals surface area contributed by atoms with Gasteiger partial charge in [-0.1, -0.05) is 60.2 Å². The maximum atomic E-state index is 12.8. The van der Waals surface area contributed by atoms with Crippen molar-refractivity contribution >= 4 is 21.6 Å². The predicted molar refractivity (Wildman–Crippen MR) is 111 cm³/mol. The molecule has 3 rings (SSSR count). The third-order valence-corrected chi connectivity index (χ3v) is 5.78. The summed E-state index contributed by atoms with van der Waals surface area (Å²) in [7, 11) is -3.80. The van der Waals surface area contributed by atoms with Crippen LogP contribution in [0.15, 0.2) is 83.8 Å². The highest BCUT2D eigenvalue weighted by Crippen LogP contribution is 2.21. The molecule has 0 saturated carbocycles. The molecule has 1 amide bonds. The first-order valence-electron chi connectivity index (χ1n) is 8.91. The highest BCUT2D eigenvalue weighted by molar-refractivity contribution is 7.92. The van der Waals surface area contributed by atoms with Gasteiger partial charge in [0.2, 0.25) is 0 Å². The van der Waals surface area contributed by atoms with Crippen LogP contribution in [0.25, 0.3) is 0 Å². The lowest BCUT2D eigenvalue weighted by atomic mass is 10.1. The fraction of sp³-hybridized carbons (Fsp3) is 0.136. The third kappa shape index (κ3) is 4.58. The molecule has 2 N–H and O–H groups in total. The van der Waals surface area contributed by atoms with E-state index in [1.807, 2.05) is 44.2 Å². The van der Waals surface area contributed by atoms with E-state index in [-0.39, 0.29) is 28.1 Å². The number of amides is 1. The van der Waals surface area contributed by atoms with Crippen LogP contribution in [-0.2, 0) is 10.0 Å². The number of para-hydroxylation sites is 1. The Labute approximate surface area is 165 Å². The Kier molecular flexibility index (Phi) is 5.80. The molecule has 5 nitrogen and oxygen atoms in total. The van der Waals surface area contributed by atoms with Crippen molar-refractivity contribution in [2.24, 2.45) is 0 Å². The van der Waals surface area contributed by atoms with Crippen LogP contribution in [0.2, 0.25) is 0 Å². The topological polar surface area (TPSA) is 75.3 Å². The van der Waals surface area contributed by atoms with Crippen molar-refractivity contribution in [2.45, 2.75) is 24.8 Å². The Balaban J connectivity index is 1.83. The van der Waals surface area contributed by atoms with E-state index >= 15 is 0 Å². The molecule has 0 aliphatic heterocycles. The van der Waals surface area contributed by atoms with Crippen molar-refractivity contribution in [3.05, 3.63) is 95.6 Å². The van der Waals surface area contributed by atoms with Crippen LogP contribution in [0.3, 0.4) is 0 Å². The molecule has 0 bridgehead atoms. The van der Waals surface area contributed by atoms with E-state index in [0.29, 0.717) is 0 Å². The smallest absolute Gasteiger partial charge is 0.261 e. The zero-order valence-electron chi connectivity index (χ0n) is 15.7. The molecule has 6 heteroatoms. The van der Waals surface area contributed by atoms with Crippen LogP contribution in [0.4, 0.5) is 5.69 Å². The van der Waals surface area contributed by atoms with Crippen molar-refractivity contribution < 1.29 is 13.2 Å². The van der Waals surface area contributed by atoms with Gasteiger partial charge in [0.05, 0.1) is 22.2 Å². The molecule has 3 aromatic rings. The third-order valence-electron chi connectivity index (χ3n) is 4.39. The molecular formula is C22H22N2O3S. The van der Waals surface area contributed by atoms with Crippen LogP contribution < -0.4 is 10.0 Å². The van der Waals surface area contributed by atoms with E-state index in [0.717, 1.165) is 11.1 Å². The van der Waals surface area contributed by atoms with Crippen molar-refractivity contribution in [1.29, 1.82) is 0 Å². The summed E-state index contributed by atoms with van der Waals surface area (Å²) >= 11 is 0. The predicted octanol–water partition coefficient (Wildman–Crippen LogP) is 4.29. The first-order chi connectivity index (χ1) is 13.4. The summed E-state index contributed by atoms with van der Waals surface area (Å²) in [5.74, 6) is -0.349. The summed E-state index contributed by atoms with van der Waals surface area (Å²) < 4.78 is 27.9. The van der Waals surface area contributed by atoms with E-state index in [1.165, 1.54) is 12.1 Å². The number of aryl methyl sites for hydroxylation is 1. The SMILES string of the molecule is Cc1ccc(S(=O)(=O)Nc2ccccc2C(=O)N[C@H](C)c2ccccc2)cc1. The zero-order valence-corrected chi connectivity index (χ0v) is 16.5. The Morgan fingerprint density at radius 3 is 2.14 bits per heavy atom. The van der Waals surface area contributed by atoms with Crippen molar-refractivity contribution in [3.63, 3.8) is 0 Å². The van der Waals surface area contributed by atoms with Gasteiger partial charge >= 0.3 is 0 Å². The lowest BCUT2D eigenvalue weighted by Gasteiger charge is -2.17. The Morgan fingerprint density at radius 1 is 0.857 bits per heavy atom. The summed E-state index contributed by atoms with van der Waals surface area (Å²) in [5.41, 5.74) is 2.43. The van der Waals surface area contributed by atoms with Gasteiger partial charge in [0.25, 0.3) is 15.9 Å². The maximum Gasteiger partial charge on any atom is 0.261 e. The monoisotopic (exact) mass is 394 g/mol. The van der Waals surface area contributed by atoms with Gasteiger partial charge in [-0.25, -0.2) is 8.42 Å². The molecule has 0 radical (unpaired) electrons. The minimum atomic E-state index is -3.80. The van der Waals surface area contributed by atoms with Crippen molar-refractivity contribution in [1.82, 2.24) is 5.32 Å². The Morgan fingerprint density at radius 2 is 1.46 bits per heavy atom. The number of nitrogens with one attached hydrogen (secondary N) is 2. The van der Waals surface area contributed by atoms with Crippen LogP contribution in [0, 0.1) is 6.92 Å². The van der Waals surface area contributed by atoms with Gasteiger partial charge in [-0.3, -0.25) is 9.52 Å². The molecule has 28 heavy (non-hydrogen) atoms. The second-order valence-corrected chi connectivity index (χ2v) is 8.25. The van der Waals surface area contributed by atoms with Gasteiger partial charge in [0, 0.05) is 0 Å². The van der Waals surface area contributed by atoms with Crippen LogP contribution in [0.1, 0.15) is 34.5 Å². The summed E-state index contributed by atoms with van der Waals surface area (Å²) in [6, 6.07) is 22.5. The molecule has 0 heterocycles. The maximum absolute atomic E-state index is 12.8. The van der Waals surface area contributed by atoms with Gasteiger partial charge < -0.3 is 5.32 Å². The van der Waals surface area contributed by atoms with E-state index < -0.39 is 10.0 Å². The molecule has 0 aliphatic carbocycles. The fourth-order valence-electron chi connectivity index (χ4n) is 2.79. The number of carbonyl (C=O) groups excluding carboxylic acids is 1. The van der Waals surface area contributed by atoms with Crippen molar-refractivity contribution in [2.75, 3.05) is 4.72 Å². The van der Waals surface area contributed by atoms with E-state index in [1.54, 1.807) is 36.4 Å². The minimum absolute atomic E-state index is 0.144. The molecule has 0 aromatic heterocycles. The first kappa shape index (κ1) is 19.6. The summed E-state index contributed by atoms with van der Waals surface area (Å²) in [6.07, 6.45) is 0. The van der Waals surface area contributed by atoms with Gasteiger partial charge in [-0.05, 0) is 43.7 Å². The molecule has 1 atom stereocenters. The van der Waals surface area contributed by atoms with E-state index in [4.69, 9.17) is 0 Å². The van der Waals surface area contributed by atoms with Crippen molar-refractivity contribution in [3.8, 4) is 0 Å². The first-order valence-corrected chi connectivity index (χ1v) is 10.4. The number of hydrogen-bond donors (Lipinski definition) is 2. The largest absolute Gasteiger partial charge is 0.345 e. The standard InChI is InChI=1S/C22H22N2O3S/c1-16-12-14-19(15-13-16)28(26,27)24-21-11-7-6-10-20(21)22(25)23-17(2)18-8-4-3-5-9-18/h3-15,17,24H,1-2H3,(H,23,25)/t17-/m1/s1. The quantitative estimate of drug-likeness (QED) is 0.655. The summed E-state index contributed by atoms with van der Waals surface area (Å²) in [4.78, 5) is 12.9. The normalized spacial score (nSPS) is 12.2. The number of anilines is 1. The number of rotatable bonds is 6. The molecule has 0 spiro atoms. The molecule has 144 valence electrons. The molecular weight excluding hydrogens is 372 g/mol. The zero-order chi connectivity index (χ0) is 20.1. The average Bonchev–Trinajstić information content (AvgIpc) is 2.69. The van der Waals surface area contributed by atoms with Gasteiger partial charge in [0.1, 0.15) is 0 Å². The van der Waals surface area contributed by atoms with E-state index in [2.05, 4.69) is 10.0 Å². The fourth-order valence-corrected chi connectivity index (χ4v) is 3.87. The number of hydrogen-bond acceptors (Lipinski definition) is 3. The summed E-state index contributed by atoms with van der Waals surface area (Å²) in [5, 5.41) is 2.91. The minimum Gasteiger partial charge on any atom is -0.345 e.